The van der Waals surface area contributed by atoms with E-state index in [0.717, 1.165) is 19.4 Å². The molecule has 5 nitrogen and oxygen atoms in total. The summed E-state index contributed by atoms with van der Waals surface area (Å²) in [7, 11) is 1.61. The van der Waals surface area contributed by atoms with Crippen molar-refractivity contribution in [2.45, 2.75) is 31.7 Å². The molecule has 20 heavy (non-hydrogen) atoms. The Hall–Kier alpha value is -1.69. The molecule has 0 unspecified atom stereocenters. The van der Waals surface area contributed by atoms with Gasteiger partial charge >= 0.3 is 0 Å². The molecule has 0 saturated carbocycles. The van der Waals surface area contributed by atoms with Crippen molar-refractivity contribution in [3.63, 3.8) is 0 Å². The van der Waals surface area contributed by atoms with Crippen molar-refractivity contribution >= 4 is 28.9 Å². The van der Waals surface area contributed by atoms with Crippen LogP contribution in [0.2, 0.25) is 0 Å². The van der Waals surface area contributed by atoms with Crippen LogP contribution in [0.1, 0.15) is 37.3 Å². The van der Waals surface area contributed by atoms with Crippen LogP contribution >= 0.6 is 11.3 Å². The van der Waals surface area contributed by atoms with E-state index in [2.05, 4.69) is 16.5 Å². The molecule has 0 radical (unpaired) electrons. The van der Waals surface area contributed by atoms with E-state index in [4.69, 9.17) is 0 Å². The van der Waals surface area contributed by atoms with Gasteiger partial charge in [0, 0.05) is 26.4 Å². The fourth-order valence-electron chi connectivity index (χ4n) is 2.81. The van der Waals surface area contributed by atoms with Crippen LogP contribution in [-0.4, -0.2) is 41.0 Å². The van der Waals surface area contributed by atoms with Crippen LogP contribution in [0.25, 0.3) is 0 Å². The SMILES string of the molecule is CN1N=C(C(=O)N2CCC[C@H]2c2ccsc2)CCC1=O. The summed E-state index contributed by atoms with van der Waals surface area (Å²) >= 11 is 1.66. The van der Waals surface area contributed by atoms with Gasteiger partial charge in [0.05, 0.1) is 6.04 Å². The van der Waals surface area contributed by atoms with E-state index in [-0.39, 0.29) is 17.9 Å². The summed E-state index contributed by atoms with van der Waals surface area (Å²) in [5.74, 6) is -0.0459. The van der Waals surface area contributed by atoms with Crippen molar-refractivity contribution in [3.05, 3.63) is 22.4 Å². The van der Waals surface area contributed by atoms with Gasteiger partial charge < -0.3 is 4.90 Å². The third-order valence-electron chi connectivity index (χ3n) is 3.90. The molecule has 2 aliphatic rings. The Morgan fingerprint density at radius 2 is 2.30 bits per heavy atom. The maximum absolute atomic E-state index is 12.6. The second-order valence-electron chi connectivity index (χ2n) is 5.18. The normalized spacial score (nSPS) is 23.1. The Bertz CT molecular complexity index is 553. The number of hydrogen-bond acceptors (Lipinski definition) is 4. The van der Waals surface area contributed by atoms with Gasteiger partial charge in [-0.05, 0) is 35.2 Å². The molecule has 1 atom stereocenters. The Kier molecular flexibility index (Phi) is 3.56. The van der Waals surface area contributed by atoms with Gasteiger partial charge in [-0.15, -0.1) is 0 Å². The highest BCUT2D eigenvalue weighted by Crippen LogP contribution is 2.33. The summed E-state index contributed by atoms with van der Waals surface area (Å²) in [6.45, 7) is 0.774. The maximum atomic E-state index is 12.6. The summed E-state index contributed by atoms with van der Waals surface area (Å²) < 4.78 is 0. The fourth-order valence-corrected chi connectivity index (χ4v) is 3.52. The van der Waals surface area contributed by atoms with Gasteiger partial charge in [-0.1, -0.05) is 0 Å². The Labute approximate surface area is 121 Å². The minimum absolute atomic E-state index is 0.0157. The fraction of sp³-hybridized carbons (Fsp3) is 0.500. The molecule has 1 aromatic heterocycles. The quantitative estimate of drug-likeness (QED) is 0.837. The monoisotopic (exact) mass is 291 g/mol. The molecule has 3 heterocycles. The maximum Gasteiger partial charge on any atom is 0.270 e. The standard InChI is InChI=1S/C14H17N3O2S/c1-16-13(18)5-4-11(15-16)14(19)17-7-2-3-12(17)10-6-8-20-9-10/h6,8-9,12H,2-5,7H2,1H3/t12-/m0/s1. The number of carbonyl (C=O) groups excluding carboxylic acids is 2. The molecular weight excluding hydrogens is 274 g/mol. The molecule has 2 amide bonds. The lowest BCUT2D eigenvalue weighted by Gasteiger charge is -2.27. The van der Waals surface area contributed by atoms with E-state index in [1.54, 1.807) is 18.4 Å². The first-order chi connectivity index (χ1) is 9.66. The van der Waals surface area contributed by atoms with Crippen molar-refractivity contribution in [2.75, 3.05) is 13.6 Å². The predicted octanol–water partition coefficient (Wildman–Crippen LogP) is 2.02. The molecule has 1 saturated heterocycles. The lowest BCUT2D eigenvalue weighted by Crippen LogP contribution is -2.40. The van der Waals surface area contributed by atoms with Gasteiger partial charge in [0.25, 0.3) is 5.91 Å². The summed E-state index contributed by atoms with van der Waals surface area (Å²) in [5, 5.41) is 9.57. The Morgan fingerprint density at radius 3 is 3.00 bits per heavy atom. The number of likely N-dealkylation sites (tertiary alicyclic amines) is 1. The third kappa shape index (κ3) is 2.35. The van der Waals surface area contributed by atoms with Crippen molar-refractivity contribution < 1.29 is 9.59 Å². The number of hydrogen-bond donors (Lipinski definition) is 0. The predicted molar refractivity (Wildman–Crippen MR) is 77.4 cm³/mol. The Morgan fingerprint density at radius 1 is 1.45 bits per heavy atom. The first kappa shape index (κ1) is 13.3. The van der Waals surface area contributed by atoms with Gasteiger partial charge in [0.1, 0.15) is 5.71 Å². The molecule has 1 fully saturated rings. The van der Waals surface area contributed by atoms with E-state index >= 15 is 0 Å². The van der Waals surface area contributed by atoms with E-state index in [0.29, 0.717) is 18.6 Å². The highest BCUT2D eigenvalue weighted by atomic mass is 32.1. The van der Waals surface area contributed by atoms with Crippen LogP contribution in [0.5, 0.6) is 0 Å². The highest BCUT2D eigenvalue weighted by molar-refractivity contribution is 7.08. The average Bonchev–Trinajstić information content (AvgIpc) is 3.10. The number of nitrogens with zero attached hydrogens (tertiary/aromatic N) is 3. The van der Waals surface area contributed by atoms with Crippen LogP contribution in [0.4, 0.5) is 0 Å². The second-order valence-corrected chi connectivity index (χ2v) is 5.96. The van der Waals surface area contributed by atoms with Crippen molar-refractivity contribution in [3.8, 4) is 0 Å². The number of carbonyl (C=O) groups is 2. The molecular formula is C14H17N3O2S. The zero-order valence-electron chi connectivity index (χ0n) is 11.4. The lowest BCUT2D eigenvalue weighted by molar-refractivity contribution is -0.130. The average molecular weight is 291 g/mol. The summed E-state index contributed by atoms with van der Waals surface area (Å²) in [5.41, 5.74) is 1.72. The number of thiophene rings is 1. The molecule has 6 heteroatoms. The van der Waals surface area contributed by atoms with Crippen molar-refractivity contribution in [1.29, 1.82) is 0 Å². The molecule has 0 N–H and O–H groups in total. The van der Waals surface area contributed by atoms with E-state index < -0.39 is 0 Å². The van der Waals surface area contributed by atoms with Gasteiger partial charge in [-0.3, -0.25) is 9.59 Å². The lowest BCUT2D eigenvalue weighted by atomic mass is 10.1. The minimum atomic E-state index is -0.0302. The number of amides is 2. The zero-order chi connectivity index (χ0) is 14.1. The van der Waals surface area contributed by atoms with Crippen LogP contribution in [0, 0.1) is 0 Å². The molecule has 0 aromatic carbocycles. The van der Waals surface area contributed by atoms with Gasteiger partial charge in [-0.25, -0.2) is 5.01 Å². The van der Waals surface area contributed by atoms with E-state index in [1.807, 2.05) is 10.3 Å². The summed E-state index contributed by atoms with van der Waals surface area (Å²) in [4.78, 5) is 26.0. The first-order valence-electron chi connectivity index (χ1n) is 6.84. The molecule has 2 aliphatic heterocycles. The molecule has 3 rings (SSSR count). The smallest absolute Gasteiger partial charge is 0.270 e. The van der Waals surface area contributed by atoms with Crippen molar-refractivity contribution in [1.82, 2.24) is 9.91 Å². The van der Waals surface area contributed by atoms with Gasteiger partial charge in [-0.2, -0.15) is 16.4 Å². The molecule has 0 bridgehead atoms. The van der Waals surface area contributed by atoms with Gasteiger partial charge in [0.15, 0.2) is 0 Å². The molecule has 0 spiro atoms. The molecule has 1 aromatic rings. The first-order valence-corrected chi connectivity index (χ1v) is 7.78. The highest BCUT2D eigenvalue weighted by Gasteiger charge is 2.34. The number of rotatable bonds is 2. The Balaban J connectivity index is 1.80. The topological polar surface area (TPSA) is 53.0 Å². The van der Waals surface area contributed by atoms with Crippen molar-refractivity contribution in [2.24, 2.45) is 5.10 Å². The minimum Gasteiger partial charge on any atom is -0.330 e. The molecule has 0 aliphatic carbocycles. The van der Waals surface area contributed by atoms with Crippen LogP contribution < -0.4 is 0 Å². The summed E-state index contributed by atoms with van der Waals surface area (Å²) in [6, 6.07) is 2.25. The van der Waals surface area contributed by atoms with Crippen LogP contribution in [0.15, 0.2) is 21.9 Å². The second kappa shape index (κ2) is 5.36. The number of hydrazone groups is 1. The van der Waals surface area contributed by atoms with E-state index in [9.17, 15) is 9.59 Å². The third-order valence-corrected chi connectivity index (χ3v) is 4.60. The van der Waals surface area contributed by atoms with E-state index in [1.165, 1.54) is 10.6 Å². The van der Waals surface area contributed by atoms with Gasteiger partial charge in [0.2, 0.25) is 5.91 Å². The molecule has 106 valence electrons. The summed E-state index contributed by atoms with van der Waals surface area (Å²) in [6.07, 6.45) is 2.85. The zero-order valence-corrected chi connectivity index (χ0v) is 12.2. The largest absolute Gasteiger partial charge is 0.330 e. The van der Waals surface area contributed by atoms with Crippen LogP contribution in [0.3, 0.4) is 0 Å². The van der Waals surface area contributed by atoms with Crippen LogP contribution in [-0.2, 0) is 9.59 Å².